The van der Waals surface area contributed by atoms with Gasteiger partial charge in [0.15, 0.2) is 0 Å². The fourth-order valence-electron chi connectivity index (χ4n) is 1.17. The molecule has 0 N–H and O–H groups in total. The Morgan fingerprint density at radius 3 is 3.00 bits per heavy atom. The van der Waals surface area contributed by atoms with E-state index in [0.29, 0.717) is 6.10 Å². The maximum Gasteiger partial charge on any atom is 0.0550 e. The van der Waals surface area contributed by atoms with Crippen LogP contribution in [-0.2, 0) is 11.2 Å². The van der Waals surface area contributed by atoms with Gasteiger partial charge in [0, 0.05) is 11.5 Å². The molecule has 0 aliphatic carbocycles. The molecule has 1 nitrogen and oxygen atoms in total. The van der Waals surface area contributed by atoms with Crippen molar-refractivity contribution >= 4 is 11.3 Å². The first-order valence-electron chi connectivity index (χ1n) is 4.47. The van der Waals surface area contributed by atoms with Crippen LogP contribution in [0, 0.1) is 0 Å². The third-order valence-corrected chi connectivity index (χ3v) is 2.76. The van der Waals surface area contributed by atoms with Crippen molar-refractivity contribution in [3.05, 3.63) is 22.4 Å². The summed E-state index contributed by atoms with van der Waals surface area (Å²) in [5.74, 6) is 0. The molecule has 0 bridgehead atoms. The Bertz CT molecular complexity index is 194. The Morgan fingerprint density at radius 2 is 2.42 bits per heavy atom. The van der Waals surface area contributed by atoms with E-state index in [4.69, 9.17) is 4.74 Å². The van der Waals surface area contributed by atoms with Crippen LogP contribution in [0.15, 0.2) is 17.5 Å². The van der Waals surface area contributed by atoms with Crippen LogP contribution in [0.25, 0.3) is 0 Å². The van der Waals surface area contributed by atoms with E-state index in [0.717, 1.165) is 19.4 Å². The van der Waals surface area contributed by atoms with E-state index >= 15 is 0 Å². The second-order valence-electron chi connectivity index (χ2n) is 2.88. The summed E-state index contributed by atoms with van der Waals surface area (Å²) in [5.41, 5.74) is 0. The van der Waals surface area contributed by atoms with Gasteiger partial charge in [0.05, 0.1) is 6.10 Å². The van der Waals surface area contributed by atoms with Crippen molar-refractivity contribution in [2.75, 3.05) is 6.61 Å². The Balaban J connectivity index is 2.17. The molecule has 0 saturated carbocycles. The van der Waals surface area contributed by atoms with Crippen molar-refractivity contribution in [3.8, 4) is 0 Å². The summed E-state index contributed by atoms with van der Waals surface area (Å²) < 4.78 is 5.44. The minimum Gasteiger partial charge on any atom is -0.379 e. The molecule has 1 atom stereocenters. The number of thiophene rings is 1. The Labute approximate surface area is 78.4 Å². The van der Waals surface area contributed by atoms with Gasteiger partial charge in [-0.2, -0.15) is 0 Å². The molecule has 68 valence electrons. The molecule has 0 aliphatic rings. The van der Waals surface area contributed by atoms with Gasteiger partial charge < -0.3 is 4.74 Å². The molecule has 0 saturated heterocycles. The summed E-state index contributed by atoms with van der Waals surface area (Å²) in [6.07, 6.45) is 2.68. The van der Waals surface area contributed by atoms with Gasteiger partial charge in [0.25, 0.3) is 0 Å². The van der Waals surface area contributed by atoms with Gasteiger partial charge in [-0.1, -0.05) is 6.07 Å². The van der Waals surface area contributed by atoms with E-state index in [1.165, 1.54) is 4.88 Å². The highest BCUT2D eigenvalue weighted by molar-refractivity contribution is 7.09. The summed E-state index contributed by atoms with van der Waals surface area (Å²) in [6, 6.07) is 4.29. The lowest BCUT2D eigenvalue weighted by molar-refractivity contribution is 0.0707. The first-order chi connectivity index (χ1) is 5.83. The molecule has 0 spiro atoms. The maximum absolute atomic E-state index is 5.44. The molecule has 1 heterocycles. The quantitative estimate of drug-likeness (QED) is 0.683. The average Bonchev–Trinajstić information content (AvgIpc) is 2.53. The van der Waals surface area contributed by atoms with Crippen LogP contribution in [0.5, 0.6) is 0 Å². The third-order valence-electron chi connectivity index (χ3n) is 1.83. The SMILES string of the molecule is CCOC(C)CCc1cccs1. The zero-order valence-corrected chi connectivity index (χ0v) is 8.56. The fraction of sp³-hybridized carbons (Fsp3) is 0.600. The van der Waals surface area contributed by atoms with E-state index < -0.39 is 0 Å². The molecule has 1 aromatic heterocycles. The maximum atomic E-state index is 5.44. The molecule has 1 aromatic rings. The second-order valence-corrected chi connectivity index (χ2v) is 3.92. The number of aryl methyl sites for hydroxylation is 1. The van der Waals surface area contributed by atoms with Crippen LogP contribution in [0.3, 0.4) is 0 Å². The number of hydrogen-bond donors (Lipinski definition) is 0. The van der Waals surface area contributed by atoms with Gasteiger partial charge in [0.2, 0.25) is 0 Å². The normalized spacial score (nSPS) is 13.2. The van der Waals surface area contributed by atoms with Crippen LogP contribution in [0.1, 0.15) is 25.1 Å². The van der Waals surface area contributed by atoms with E-state index in [9.17, 15) is 0 Å². The number of rotatable bonds is 5. The molecule has 0 amide bonds. The summed E-state index contributed by atoms with van der Waals surface area (Å²) in [7, 11) is 0. The highest BCUT2D eigenvalue weighted by Gasteiger charge is 2.01. The highest BCUT2D eigenvalue weighted by Crippen LogP contribution is 2.12. The standard InChI is InChI=1S/C10H16OS/c1-3-11-9(2)6-7-10-5-4-8-12-10/h4-5,8-9H,3,6-7H2,1-2H3. The van der Waals surface area contributed by atoms with E-state index in [-0.39, 0.29) is 0 Å². The minimum atomic E-state index is 0.400. The van der Waals surface area contributed by atoms with Crippen molar-refractivity contribution in [2.45, 2.75) is 32.8 Å². The smallest absolute Gasteiger partial charge is 0.0550 e. The van der Waals surface area contributed by atoms with Gasteiger partial charge in [-0.05, 0) is 38.1 Å². The first-order valence-corrected chi connectivity index (χ1v) is 5.35. The predicted molar refractivity (Wildman–Crippen MR) is 53.7 cm³/mol. The van der Waals surface area contributed by atoms with Gasteiger partial charge in [-0.3, -0.25) is 0 Å². The lowest BCUT2D eigenvalue weighted by Crippen LogP contribution is -2.08. The molecule has 0 aliphatic heterocycles. The minimum absolute atomic E-state index is 0.400. The fourth-order valence-corrected chi connectivity index (χ4v) is 1.89. The van der Waals surface area contributed by atoms with Gasteiger partial charge in [0.1, 0.15) is 0 Å². The predicted octanol–water partition coefficient (Wildman–Crippen LogP) is 3.11. The molecule has 0 radical (unpaired) electrons. The van der Waals surface area contributed by atoms with Crippen molar-refractivity contribution in [1.82, 2.24) is 0 Å². The lowest BCUT2D eigenvalue weighted by Gasteiger charge is -2.09. The third kappa shape index (κ3) is 3.37. The summed E-state index contributed by atoms with van der Waals surface area (Å²) in [6.45, 7) is 5.00. The molecular formula is C10H16OS. The molecule has 2 heteroatoms. The number of hydrogen-bond acceptors (Lipinski definition) is 2. The first kappa shape index (κ1) is 9.75. The van der Waals surface area contributed by atoms with Crippen LogP contribution in [0.2, 0.25) is 0 Å². The second kappa shape index (κ2) is 5.33. The molecule has 0 aromatic carbocycles. The zero-order chi connectivity index (χ0) is 8.81. The van der Waals surface area contributed by atoms with Gasteiger partial charge >= 0.3 is 0 Å². The zero-order valence-electron chi connectivity index (χ0n) is 7.75. The summed E-state index contributed by atoms with van der Waals surface area (Å²) >= 11 is 1.83. The lowest BCUT2D eigenvalue weighted by atomic mass is 10.2. The van der Waals surface area contributed by atoms with Gasteiger partial charge in [-0.25, -0.2) is 0 Å². The van der Waals surface area contributed by atoms with E-state index in [2.05, 4.69) is 24.4 Å². The van der Waals surface area contributed by atoms with Crippen LogP contribution in [-0.4, -0.2) is 12.7 Å². The van der Waals surface area contributed by atoms with Crippen molar-refractivity contribution in [1.29, 1.82) is 0 Å². The summed E-state index contributed by atoms with van der Waals surface area (Å²) in [4.78, 5) is 1.46. The molecule has 1 rings (SSSR count). The Hall–Kier alpha value is -0.340. The Kier molecular flexibility index (Phi) is 4.33. The van der Waals surface area contributed by atoms with Gasteiger partial charge in [-0.15, -0.1) is 11.3 Å². The van der Waals surface area contributed by atoms with Crippen LogP contribution < -0.4 is 0 Å². The van der Waals surface area contributed by atoms with Crippen molar-refractivity contribution in [2.24, 2.45) is 0 Å². The molecule has 1 unspecified atom stereocenters. The molecule has 0 fully saturated rings. The Morgan fingerprint density at radius 1 is 1.58 bits per heavy atom. The van der Waals surface area contributed by atoms with Crippen molar-refractivity contribution in [3.63, 3.8) is 0 Å². The molecule has 12 heavy (non-hydrogen) atoms. The number of ether oxygens (including phenoxy) is 1. The van der Waals surface area contributed by atoms with E-state index in [1.807, 2.05) is 18.3 Å². The van der Waals surface area contributed by atoms with Crippen LogP contribution in [0.4, 0.5) is 0 Å². The largest absolute Gasteiger partial charge is 0.379 e. The van der Waals surface area contributed by atoms with Crippen LogP contribution >= 0.6 is 11.3 Å². The summed E-state index contributed by atoms with van der Waals surface area (Å²) in [5, 5.41) is 2.13. The monoisotopic (exact) mass is 184 g/mol. The molecular weight excluding hydrogens is 168 g/mol. The average molecular weight is 184 g/mol. The van der Waals surface area contributed by atoms with Crippen molar-refractivity contribution < 1.29 is 4.74 Å². The highest BCUT2D eigenvalue weighted by atomic mass is 32.1. The van der Waals surface area contributed by atoms with E-state index in [1.54, 1.807) is 0 Å². The topological polar surface area (TPSA) is 9.23 Å².